The van der Waals surface area contributed by atoms with Crippen molar-refractivity contribution in [1.29, 1.82) is 0 Å². The first-order valence-corrected chi connectivity index (χ1v) is 5.82. The van der Waals surface area contributed by atoms with Gasteiger partial charge in [0.15, 0.2) is 0 Å². The lowest BCUT2D eigenvalue weighted by Gasteiger charge is -2.10. The Kier molecular flexibility index (Phi) is 5.52. The molecule has 0 fully saturated rings. The molecule has 1 aromatic carbocycles. The third-order valence-electron chi connectivity index (χ3n) is 2.24. The van der Waals surface area contributed by atoms with Gasteiger partial charge in [-0.25, -0.2) is 5.43 Å². The zero-order valence-corrected chi connectivity index (χ0v) is 11.8. The highest BCUT2D eigenvalue weighted by molar-refractivity contribution is 6.39. The molecule has 0 heterocycles. The van der Waals surface area contributed by atoms with Crippen molar-refractivity contribution in [3.63, 3.8) is 0 Å². The molecular weight excluding hydrogens is 262 g/mol. The monoisotopic (exact) mass is 279 g/mol. The van der Waals surface area contributed by atoms with E-state index < -0.39 is 11.8 Å². The molecule has 108 valence electrons. The van der Waals surface area contributed by atoms with Crippen LogP contribution in [0.3, 0.4) is 0 Å². The van der Waals surface area contributed by atoms with Gasteiger partial charge in [0.25, 0.3) is 0 Å². The molecule has 0 bridgehead atoms. The maximum absolute atomic E-state index is 11.7. The van der Waals surface area contributed by atoms with Crippen LogP contribution < -0.4 is 20.2 Å². The highest BCUT2D eigenvalue weighted by atomic mass is 16.5. The summed E-state index contributed by atoms with van der Waals surface area (Å²) in [4.78, 5) is 23.1. The lowest BCUT2D eigenvalue weighted by atomic mass is 10.2. The largest absolute Gasteiger partial charge is 0.497 e. The van der Waals surface area contributed by atoms with Gasteiger partial charge in [-0.1, -0.05) is 0 Å². The minimum Gasteiger partial charge on any atom is -0.497 e. The molecular formula is C13H17N3O4. The maximum Gasteiger partial charge on any atom is 0.329 e. The first-order chi connectivity index (χ1) is 9.47. The number of carbonyl (C=O) groups excluding carboxylic acids is 2. The molecule has 0 aliphatic carbocycles. The van der Waals surface area contributed by atoms with Gasteiger partial charge in [-0.05, 0) is 26.0 Å². The second kappa shape index (κ2) is 7.13. The Balaban J connectivity index is 2.80. The van der Waals surface area contributed by atoms with Crippen LogP contribution in [0.1, 0.15) is 13.8 Å². The number of benzene rings is 1. The van der Waals surface area contributed by atoms with Crippen LogP contribution in [0.2, 0.25) is 0 Å². The lowest BCUT2D eigenvalue weighted by Crippen LogP contribution is -2.32. The number of nitrogens with one attached hydrogen (secondary N) is 2. The smallest absolute Gasteiger partial charge is 0.329 e. The van der Waals surface area contributed by atoms with E-state index in [-0.39, 0.29) is 0 Å². The van der Waals surface area contributed by atoms with Crippen molar-refractivity contribution in [3.05, 3.63) is 18.2 Å². The minimum atomic E-state index is -0.857. The van der Waals surface area contributed by atoms with Crippen LogP contribution >= 0.6 is 0 Å². The van der Waals surface area contributed by atoms with Crippen LogP contribution in [0, 0.1) is 0 Å². The molecule has 20 heavy (non-hydrogen) atoms. The van der Waals surface area contributed by atoms with Crippen molar-refractivity contribution in [2.75, 3.05) is 19.5 Å². The van der Waals surface area contributed by atoms with E-state index in [2.05, 4.69) is 15.8 Å². The summed E-state index contributed by atoms with van der Waals surface area (Å²) in [6, 6.07) is 4.82. The van der Waals surface area contributed by atoms with Crippen molar-refractivity contribution in [2.24, 2.45) is 5.10 Å². The summed E-state index contributed by atoms with van der Waals surface area (Å²) >= 11 is 0. The van der Waals surface area contributed by atoms with Gasteiger partial charge in [-0.2, -0.15) is 5.10 Å². The van der Waals surface area contributed by atoms with Crippen molar-refractivity contribution < 1.29 is 19.1 Å². The zero-order valence-electron chi connectivity index (χ0n) is 11.8. The summed E-state index contributed by atoms with van der Waals surface area (Å²) in [7, 11) is 2.97. The molecule has 0 saturated heterocycles. The first-order valence-electron chi connectivity index (χ1n) is 5.82. The van der Waals surface area contributed by atoms with Crippen LogP contribution in [0.15, 0.2) is 23.3 Å². The summed E-state index contributed by atoms with van der Waals surface area (Å²) in [5, 5.41) is 6.10. The van der Waals surface area contributed by atoms with E-state index in [1.165, 1.54) is 14.2 Å². The van der Waals surface area contributed by atoms with Crippen LogP contribution in [0.5, 0.6) is 11.5 Å². The van der Waals surface area contributed by atoms with Gasteiger partial charge in [0.2, 0.25) is 0 Å². The number of rotatable bonds is 4. The van der Waals surface area contributed by atoms with Gasteiger partial charge in [-0.15, -0.1) is 0 Å². The van der Waals surface area contributed by atoms with Crippen molar-refractivity contribution in [2.45, 2.75) is 13.8 Å². The Hall–Kier alpha value is -2.57. The number of hydrogen-bond acceptors (Lipinski definition) is 5. The fourth-order valence-electron chi connectivity index (χ4n) is 1.29. The van der Waals surface area contributed by atoms with E-state index in [1.807, 2.05) is 0 Å². The topological polar surface area (TPSA) is 89.0 Å². The fourth-order valence-corrected chi connectivity index (χ4v) is 1.29. The molecule has 1 rings (SSSR count). The highest BCUT2D eigenvalue weighted by Crippen LogP contribution is 2.28. The van der Waals surface area contributed by atoms with Crippen LogP contribution in [-0.2, 0) is 9.59 Å². The molecule has 0 aromatic heterocycles. The maximum atomic E-state index is 11.7. The predicted octanol–water partition coefficient (Wildman–Crippen LogP) is 1.15. The predicted molar refractivity (Wildman–Crippen MR) is 75.1 cm³/mol. The average molecular weight is 279 g/mol. The molecule has 7 nitrogen and oxygen atoms in total. The third kappa shape index (κ3) is 4.27. The van der Waals surface area contributed by atoms with Crippen molar-refractivity contribution in [1.82, 2.24) is 5.43 Å². The number of methoxy groups -OCH3 is 2. The number of amides is 2. The van der Waals surface area contributed by atoms with Crippen molar-refractivity contribution >= 4 is 23.2 Å². The average Bonchev–Trinajstić information content (AvgIpc) is 2.44. The normalized spacial score (nSPS) is 9.40. The van der Waals surface area contributed by atoms with E-state index in [1.54, 1.807) is 32.0 Å². The fraction of sp³-hybridized carbons (Fsp3) is 0.308. The molecule has 0 aliphatic heterocycles. The Morgan fingerprint density at radius 3 is 2.35 bits per heavy atom. The van der Waals surface area contributed by atoms with E-state index in [4.69, 9.17) is 9.47 Å². The van der Waals surface area contributed by atoms with Gasteiger partial charge < -0.3 is 14.8 Å². The standard InChI is InChI=1S/C13H17N3O4/c1-8(2)15-16-13(18)12(17)14-10-6-5-9(19-3)7-11(10)20-4/h5-7H,1-4H3,(H,14,17)(H,16,18). The van der Waals surface area contributed by atoms with Crippen molar-refractivity contribution in [3.8, 4) is 11.5 Å². The number of anilines is 1. The van der Waals surface area contributed by atoms with Gasteiger partial charge in [-0.3, -0.25) is 9.59 Å². The van der Waals surface area contributed by atoms with E-state index >= 15 is 0 Å². The van der Waals surface area contributed by atoms with Crippen LogP contribution in [0.25, 0.3) is 0 Å². The Morgan fingerprint density at radius 1 is 1.10 bits per heavy atom. The molecule has 0 radical (unpaired) electrons. The van der Waals surface area contributed by atoms with Gasteiger partial charge in [0.05, 0.1) is 19.9 Å². The van der Waals surface area contributed by atoms with E-state index in [9.17, 15) is 9.59 Å². The van der Waals surface area contributed by atoms with Gasteiger partial charge >= 0.3 is 11.8 Å². The Bertz CT molecular complexity index is 536. The molecule has 2 amide bonds. The number of nitrogens with zero attached hydrogens (tertiary/aromatic N) is 1. The molecule has 0 unspecified atom stereocenters. The molecule has 0 spiro atoms. The molecule has 2 N–H and O–H groups in total. The second-order valence-electron chi connectivity index (χ2n) is 4.02. The molecule has 0 atom stereocenters. The minimum absolute atomic E-state index is 0.366. The third-order valence-corrected chi connectivity index (χ3v) is 2.24. The summed E-state index contributed by atoms with van der Waals surface area (Å²) in [6.45, 7) is 3.40. The second-order valence-corrected chi connectivity index (χ2v) is 4.02. The van der Waals surface area contributed by atoms with Gasteiger partial charge in [0, 0.05) is 11.8 Å². The Labute approximate surface area is 117 Å². The van der Waals surface area contributed by atoms with Gasteiger partial charge in [0.1, 0.15) is 11.5 Å². The first kappa shape index (κ1) is 15.5. The number of hydrazone groups is 1. The van der Waals surface area contributed by atoms with Crippen LogP contribution in [-0.4, -0.2) is 31.7 Å². The summed E-state index contributed by atoms with van der Waals surface area (Å²) < 4.78 is 10.2. The number of ether oxygens (including phenoxy) is 2. The summed E-state index contributed by atoms with van der Waals surface area (Å²) in [5.74, 6) is -0.723. The SMILES string of the molecule is COc1ccc(NC(=O)C(=O)NN=C(C)C)c(OC)c1. The zero-order chi connectivity index (χ0) is 15.1. The summed E-state index contributed by atoms with van der Waals surface area (Å²) in [6.07, 6.45) is 0. The van der Waals surface area contributed by atoms with E-state index in [0.717, 1.165) is 0 Å². The molecule has 7 heteroatoms. The Morgan fingerprint density at radius 2 is 1.80 bits per heavy atom. The molecule has 1 aromatic rings. The highest BCUT2D eigenvalue weighted by Gasteiger charge is 2.15. The quantitative estimate of drug-likeness (QED) is 0.491. The molecule has 0 aliphatic rings. The summed E-state index contributed by atoms with van der Waals surface area (Å²) in [5.41, 5.74) is 3.13. The number of hydrogen-bond donors (Lipinski definition) is 2. The number of carbonyl (C=O) groups is 2. The molecule has 0 saturated carbocycles. The van der Waals surface area contributed by atoms with E-state index in [0.29, 0.717) is 22.9 Å². The lowest BCUT2D eigenvalue weighted by molar-refractivity contribution is -0.136. The van der Waals surface area contributed by atoms with Crippen LogP contribution in [0.4, 0.5) is 5.69 Å².